The van der Waals surface area contributed by atoms with Crippen molar-refractivity contribution in [2.75, 3.05) is 19.0 Å². The smallest absolute Gasteiger partial charge is 0.226 e. The third-order valence-electron chi connectivity index (χ3n) is 2.98. The Morgan fingerprint density at radius 2 is 1.80 bits per heavy atom. The highest BCUT2D eigenvalue weighted by Crippen LogP contribution is 2.12. The van der Waals surface area contributed by atoms with Gasteiger partial charge in [0.15, 0.2) is 0 Å². The van der Waals surface area contributed by atoms with Gasteiger partial charge < -0.3 is 4.90 Å². The van der Waals surface area contributed by atoms with Crippen LogP contribution in [0, 0.1) is 11.8 Å². The molecule has 0 fully saturated rings. The first-order valence-corrected chi connectivity index (χ1v) is 6.48. The summed E-state index contributed by atoms with van der Waals surface area (Å²) >= 11 is 5.70. The first-order valence-electron chi connectivity index (χ1n) is 5.95. The minimum atomic E-state index is -0.0546. The maximum Gasteiger partial charge on any atom is 0.226 e. The van der Waals surface area contributed by atoms with Gasteiger partial charge in [-0.1, -0.05) is 33.6 Å². The minimum Gasteiger partial charge on any atom is -0.342 e. The number of halogens is 1. The number of rotatable bonds is 7. The molecule has 0 aromatic heterocycles. The predicted molar refractivity (Wildman–Crippen MR) is 66.2 cm³/mol. The van der Waals surface area contributed by atoms with Crippen LogP contribution in [0.4, 0.5) is 0 Å². The maximum atomic E-state index is 11.9. The third-order valence-corrected chi connectivity index (χ3v) is 3.44. The number of carbonyl (C=O) groups is 1. The molecule has 0 aliphatic rings. The van der Waals surface area contributed by atoms with E-state index in [4.69, 9.17) is 11.6 Å². The molecular formula is C12H24ClNO. The Morgan fingerprint density at radius 1 is 1.27 bits per heavy atom. The Balaban J connectivity index is 4.28. The second kappa shape index (κ2) is 7.98. The van der Waals surface area contributed by atoms with Crippen molar-refractivity contribution in [2.45, 2.75) is 40.5 Å². The quantitative estimate of drug-likeness (QED) is 0.619. The first-order chi connectivity index (χ1) is 7.10. The first kappa shape index (κ1) is 14.8. The van der Waals surface area contributed by atoms with Gasteiger partial charge in [-0.15, -0.1) is 11.6 Å². The lowest BCUT2D eigenvalue weighted by molar-refractivity contribution is -0.134. The van der Waals surface area contributed by atoms with Crippen molar-refractivity contribution >= 4 is 17.5 Å². The zero-order valence-electron chi connectivity index (χ0n) is 10.4. The Hall–Kier alpha value is -0.240. The normalized spacial score (nSPS) is 12.9. The van der Waals surface area contributed by atoms with E-state index >= 15 is 0 Å². The van der Waals surface area contributed by atoms with Crippen LogP contribution >= 0.6 is 11.6 Å². The van der Waals surface area contributed by atoms with E-state index in [1.807, 2.05) is 18.7 Å². The summed E-state index contributed by atoms with van der Waals surface area (Å²) in [5.41, 5.74) is 0. The van der Waals surface area contributed by atoms with E-state index in [9.17, 15) is 4.79 Å². The van der Waals surface area contributed by atoms with Crippen molar-refractivity contribution in [3.8, 4) is 0 Å². The van der Waals surface area contributed by atoms with Crippen LogP contribution in [0.15, 0.2) is 0 Å². The van der Waals surface area contributed by atoms with Crippen LogP contribution in [-0.2, 0) is 4.79 Å². The topological polar surface area (TPSA) is 20.3 Å². The molecule has 0 aliphatic heterocycles. The van der Waals surface area contributed by atoms with Gasteiger partial charge in [-0.2, -0.15) is 0 Å². The highest BCUT2D eigenvalue weighted by Gasteiger charge is 2.20. The second-order valence-corrected chi connectivity index (χ2v) is 4.42. The molecule has 0 bridgehead atoms. The molecule has 0 rings (SSSR count). The molecule has 1 atom stereocenters. The number of nitrogens with zero attached hydrogens (tertiary/aromatic N) is 1. The summed E-state index contributed by atoms with van der Waals surface area (Å²) in [4.78, 5) is 13.8. The van der Waals surface area contributed by atoms with Gasteiger partial charge in [0.05, 0.1) is 0 Å². The van der Waals surface area contributed by atoms with Gasteiger partial charge >= 0.3 is 0 Å². The summed E-state index contributed by atoms with van der Waals surface area (Å²) in [6.07, 6.45) is 2.27. The van der Waals surface area contributed by atoms with Crippen LogP contribution in [-0.4, -0.2) is 29.8 Å². The van der Waals surface area contributed by atoms with E-state index in [0.29, 0.717) is 11.8 Å². The van der Waals surface area contributed by atoms with Gasteiger partial charge in [-0.3, -0.25) is 4.79 Å². The molecule has 0 saturated heterocycles. The summed E-state index contributed by atoms with van der Waals surface area (Å²) in [7, 11) is 0. The van der Waals surface area contributed by atoms with Crippen LogP contribution < -0.4 is 0 Å². The van der Waals surface area contributed by atoms with Gasteiger partial charge in [-0.05, 0) is 12.8 Å². The van der Waals surface area contributed by atoms with E-state index in [1.165, 1.54) is 0 Å². The Bertz CT molecular complexity index is 180. The molecule has 2 nitrogen and oxygen atoms in total. The Morgan fingerprint density at radius 3 is 2.13 bits per heavy atom. The summed E-state index contributed by atoms with van der Waals surface area (Å²) in [5.74, 6) is 1.18. The van der Waals surface area contributed by atoms with E-state index in [2.05, 4.69) is 13.8 Å². The summed E-state index contributed by atoms with van der Waals surface area (Å²) in [6, 6.07) is 0. The van der Waals surface area contributed by atoms with Gasteiger partial charge in [0, 0.05) is 24.9 Å². The van der Waals surface area contributed by atoms with Crippen molar-refractivity contribution in [3.05, 3.63) is 0 Å². The molecule has 90 valence electrons. The van der Waals surface area contributed by atoms with Gasteiger partial charge in [0.2, 0.25) is 5.91 Å². The molecule has 1 amide bonds. The second-order valence-electron chi connectivity index (χ2n) is 4.11. The number of carbonyl (C=O) groups excluding carboxylic acids is 1. The van der Waals surface area contributed by atoms with Crippen LogP contribution in [0.3, 0.4) is 0 Å². The number of hydrogen-bond acceptors (Lipinski definition) is 1. The molecule has 1 unspecified atom stereocenters. The van der Waals surface area contributed by atoms with E-state index < -0.39 is 0 Å². The van der Waals surface area contributed by atoms with Crippen molar-refractivity contribution in [1.82, 2.24) is 4.90 Å². The van der Waals surface area contributed by atoms with Crippen LogP contribution in [0.5, 0.6) is 0 Å². The highest BCUT2D eigenvalue weighted by molar-refractivity contribution is 6.19. The van der Waals surface area contributed by atoms with E-state index in [-0.39, 0.29) is 11.8 Å². The molecule has 0 aromatic rings. The Labute approximate surface area is 99.0 Å². The lowest BCUT2D eigenvalue weighted by Crippen LogP contribution is -2.38. The monoisotopic (exact) mass is 233 g/mol. The molecule has 0 spiro atoms. The summed E-state index contributed by atoms with van der Waals surface area (Å²) < 4.78 is 0. The van der Waals surface area contributed by atoms with Gasteiger partial charge in [-0.25, -0.2) is 0 Å². The zero-order valence-corrected chi connectivity index (χ0v) is 11.2. The standard InChI is InChI=1S/C12H24ClNO/c1-5-11(6-2)9-14(7-3)12(15)10(4)8-13/h10-11H,5-9H2,1-4H3. The Kier molecular flexibility index (Phi) is 7.85. The average Bonchev–Trinajstić information content (AvgIpc) is 2.29. The minimum absolute atomic E-state index is 0.0546. The SMILES string of the molecule is CCC(CC)CN(CC)C(=O)C(C)CCl. The highest BCUT2D eigenvalue weighted by atomic mass is 35.5. The van der Waals surface area contributed by atoms with E-state index in [1.54, 1.807) is 0 Å². The fraction of sp³-hybridized carbons (Fsp3) is 0.917. The fourth-order valence-electron chi connectivity index (χ4n) is 1.61. The lowest BCUT2D eigenvalue weighted by atomic mass is 10.0. The van der Waals surface area contributed by atoms with Crippen molar-refractivity contribution < 1.29 is 4.79 Å². The van der Waals surface area contributed by atoms with Gasteiger partial charge in [0.1, 0.15) is 0 Å². The van der Waals surface area contributed by atoms with Crippen molar-refractivity contribution in [2.24, 2.45) is 11.8 Å². The largest absolute Gasteiger partial charge is 0.342 e. The molecular weight excluding hydrogens is 210 g/mol. The lowest BCUT2D eigenvalue weighted by Gasteiger charge is -2.27. The molecule has 0 heterocycles. The molecule has 0 aromatic carbocycles. The van der Waals surface area contributed by atoms with Crippen LogP contribution in [0.25, 0.3) is 0 Å². The fourth-order valence-corrected chi connectivity index (χ4v) is 1.74. The predicted octanol–water partition coefficient (Wildman–Crippen LogP) is 3.15. The number of hydrogen-bond donors (Lipinski definition) is 0. The van der Waals surface area contributed by atoms with Gasteiger partial charge in [0.25, 0.3) is 0 Å². The molecule has 3 heteroatoms. The molecule has 0 radical (unpaired) electrons. The van der Waals surface area contributed by atoms with Crippen LogP contribution in [0.2, 0.25) is 0 Å². The van der Waals surface area contributed by atoms with Crippen molar-refractivity contribution in [1.29, 1.82) is 0 Å². The molecule has 0 N–H and O–H groups in total. The number of amides is 1. The average molecular weight is 234 g/mol. The van der Waals surface area contributed by atoms with Crippen molar-refractivity contribution in [3.63, 3.8) is 0 Å². The third kappa shape index (κ3) is 4.87. The summed E-state index contributed by atoms with van der Waals surface area (Å²) in [5, 5.41) is 0. The van der Waals surface area contributed by atoms with Crippen LogP contribution in [0.1, 0.15) is 40.5 Å². The summed E-state index contributed by atoms with van der Waals surface area (Å²) in [6.45, 7) is 9.95. The zero-order chi connectivity index (χ0) is 11.8. The molecule has 0 saturated carbocycles. The van der Waals surface area contributed by atoms with E-state index in [0.717, 1.165) is 25.9 Å². The molecule has 15 heavy (non-hydrogen) atoms. The number of alkyl halides is 1. The molecule has 0 aliphatic carbocycles. The maximum absolute atomic E-state index is 11.9.